The van der Waals surface area contributed by atoms with Gasteiger partial charge in [-0.2, -0.15) is 4.99 Å². The lowest BCUT2D eigenvalue weighted by atomic mass is 10.2. The SMILES string of the molecule is CCOC(=O)Cn1c(=NC(=O)c2cccc(OC)c2)sc2cc(S(C)(=O)=O)ccc21. The molecule has 1 heterocycles. The van der Waals surface area contributed by atoms with Crippen LogP contribution in [0, 0.1) is 0 Å². The van der Waals surface area contributed by atoms with Crippen molar-refractivity contribution in [2.24, 2.45) is 4.99 Å². The van der Waals surface area contributed by atoms with Crippen LogP contribution in [-0.2, 0) is 25.9 Å². The first-order valence-electron chi connectivity index (χ1n) is 8.95. The van der Waals surface area contributed by atoms with Crippen molar-refractivity contribution < 1.29 is 27.5 Å². The van der Waals surface area contributed by atoms with Crippen LogP contribution in [0.2, 0.25) is 0 Å². The number of carbonyl (C=O) groups is 2. The second-order valence-electron chi connectivity index (χ2n) is 6.33. The van der Waals surface area contributed by atoms with Crippen molar-refractivity contribution in [1.82, 2.24) is 4.57 Å². The highest BCUT2D eigenvalue weighted by atomic mass is 32.2. The van der Waals surface area contributed by atoms with Gasteiger partial charge in [-0.1, -0.05) is 17.4 Å². The van der Waals surface area contributed by atoms with Crippen LogP contribution < -0.4 is 9.54 Å². The Bertz CT molecular complexity index is 1290. The third kappa shape index (κ3) is 4.77. The molecule has 0 saturated heterocycles. The van der Waals surface area contributed by atoms with Gasteiger partial charge in [0.15, 0.2) is 14.6 Å². The summed E-state index contributed by atoms with van der Waals surface area (Å²) in [6.07, 6.45) is 1.12. The van der Waals surface area contributed by atoms with Crippen molar-refractivity contribution in [2.45, 2.75) is 18.4 Å². The van der Waals surface area contributed by atoms with Gasteiger partial charge in [-0.15, -0.1) is 0 Å². The van der Waals surface area contributed by atoms with Crippen LogP contribution in [0.4, 0.5) is 0 Å². The fourth-order valence-electron chi connectivity index (χ4n) is 2.77. The van der Waals surface area contributed by atoms with Crippen LogP contribution in [0.15, 0.2) is 52.4 Å². The van der Waals surface area contributed by atoms with Crippen LogP contribution in [0.25, 0.3) is 10.2 Å². The van der Waals surface area contributed by atoms with E-state index in [0.717, 1.165) is 17.6 Å². The number of sulfone groups is 1. The lowest BCUT2D eigenvalue weighted by molar-refractivity contribution is -0.143. The molecule has 0 atom stereocenters. The average Bonchev–Trinajstić information content (AvgIpc) is 3.03. The average molecular weight is 449 g/mol. The first kappa shape index (κ1) is 21.7. The van der Waals surface area contributed by atoms with Gasteiger partial charge in [0.25, 0.3) is 5.91 Å². The highest BCUT2D eigenvalue weighted by Gasteiger charge is 2.16. The number of esters is 1. The molecule has 2 aromatic carbocycles. The Hall–Kier alpha value is -2.98. The molecule has 158 valence electrons. The van der Waals surface area contributed by atoms with Gasteiger partial charge in [0.2, 0.25) is 0 Å². The van der Waals surface area contributed by atoms with Gasteiger partial charge >= 0.3 is 5.97 Å². The molecule has 0 bridgehead atoms. The maximum atomic E-state index is 12.7. The number of hydrogen-bond acceptors (Lipinski definition) is 7. The zero-order chi connectivity index (χ0) is 21.9. The zero-order valence-electron chi connectivity index (χ0n) is 16.6. The molecule has 0 aliphatic heterocycles. The third-order valence-electron chi connectivity index (χ3n) is 4.19. The van der Waals surface area contributed by atoms with E-state index in [2.05, 4.69) is 4.99 Å². The first-order chi connectivity index (χ1) is 14.2. The minimum atomic E-state index is -3.41. The third-order valence-corrected chi connectivity index (χ3v) is 6.34. The zero-order valence-corrected chi connectivity index (χ0v) is 18.2. The summed E-state index contributed by atoms with van der Waals surface area (Å²) in [6.45, 7) is 1.76. The Labute approximate surface area is 177 Å². The standard InChI is InChI=1S/C20H20N2O6S2/c1-4-28-18(23)12-22-16-9-8-15(30(3,25)26)11-17(16)29-20(22)21-19(24)13-6-5-7-14(10-13)27-2/h5-11H,4,12H2,1-3H3. The minimum absolute atomic E-state index is 0.144. The highest BCUT2D eigenvalue weighted by Crippen LogP contribution is 2.22. The number of thiazole rings is 1. The lowest BCUT2D eigenvalue weighted by Crippen LogP contribution is -2.23. The molecule has 3 aromatic rings. The van der Waals surface area contributed by atoms with Gasteiger partial charge in [-0.3, -0.25) is 9.59 Å². The summed E-state index contributed by atoms with van der Waals surface area (Å²) in [5, 5.41) is 0. The van der Waals surface area contributed by atoms with Gasteiger partial charge in [0, 0.05) is 11.8 Å². The van der Waals surface area contributed by atoms with Crippen molar-refractivity contribution in [3.05, 3.63) is 52.8 Å². The van der Waals surface area contributed by atoms with E-state index >= 15 is 0 Å². The van der Waals surface area contributed by atoms with Crippen molar-refractivity contribution >= 4 is 43.3 Å². The number of amides is 1. The summed E-state index contributed by atoms with van der Waals surface area (Å²) in [7, 11) is -1.91. The Morgan fingerprint density at radius 2 is 1.93 bits per heavy atom. The molecule has 0 unspecified atom stereocenters. The summed E-state index contributed by atoms with van der Waals surface area (Å²) in [4.78, 5) is 29.4. The summed E-state index contributed by atoms with van der Waals surface area (Å²) < 4.78 is 36.1. The monoisotopic (exact) mass is 448 g/mol. The molecule has 30 heavy (non-hydrogen) atoms. The molecule has 0 fully saturated rings. The Balaban J connectivity index is 2.16. The maximum Gasteiger partial charge on any atom is 0.326 e. The first-order valence-corrected chi connectivity index (χ1v) is 11.7. The van der Waals surface area contributed by atoms with Crippen LogP contribution in [0.5, 0.6) is 5.75 Å². The molecule has 0 N–H and O–H groups in total. The summed E-state index contributed by atoms with van der Waals surface area (Å²) >= 11 is 1.12. The molecular weight excluding hydrogens is 428 g/mol. The fourth-order valence-corrected chi connectivity index (χ4v) is 4.55. The minimum Gasteiger partial charge on any atom is -0.497 e. The van der Waals surface area contributed by atoms with E-state index in [0.29, 0.717) is 21.5 Å². The Morgan fingerprint density at radius 3 is 2.60 bits per heavy atom. The predicted molar refractivity (Wildman–Crippen MR) is 112 cm³/mol. The van der Waals surface area contributed by atoms with E-state index in [4.69, 9.17) is 9.47 Å². The van der Waals surface area contributed by atoms with Crippen molar-refractivity contribution in [3.8, 4) is 5.75 Å². The molecule has 0 aliphatic carbocycles. The number of ether oxygens (including phenoxy) is 2. The highest BCUT2D eigenvalue weighted by molar-refractivity contribution is 7.90. The molecule has 1 amide bonds. The van der Waals surface area contributed by atoms with Crippen molar-refractivity contribution in [2.75, 3.05) is 20.0 Å². The molecule has 0 spiro atoms. The number of rotatable bonds is 6. The Morgan fingerprint density at radius 1 is 1.17 bits per heavy atom. The topological polar surface area (TPSA) is 104 Å². The molecule has 10 heteroatoms. The van der Waals surface area contributed by atoms with E-state index in [9.17, 15) is 18.0 Å². The maximum absolute atomic E-state index is 12.7. The number of fused-ring (bicyclic) bond motifs is 1. The number of benzene rings is 2. The molecule has 0 aliphatic rings. The van der Waals surface area contributed by atoms with Crippen LogP contribution >= 0.6 is 11.3 Å². The van der Waals surface area contributed by atoms with E-state index < -0.39 is 21.7 Å². The number of hydrogen-bond donors (Lipinski definition) is 0. The second-order valence-corrected chi connectivity index (χ2v) is 9.35. The van der Waals surface area contributed by atoms with Crippen LogP contribution in [0.3, 0.4) is 0 Å². The smallest absolute Gasteiger partial charge is 0.326 e. The van der Waals surface area contributed by atoms with Gasteiger partial charge in [-0.05, 0) is 43.3 Å². The Kier molecular flexibility index (Phi) is 6.37. The van der Waals surface area contributed by atoms with Gasteiger partial charge in [0.05, 0.1) is 28.8 Å². The summed E-state index contributed by atoms with van der Waals surface area (Å²) in [5.74, 6) is -0.481. The number of nitrogens with zero attached hydrogens (tertiary/aromatic N) is 2. The lowest BCUT2D eigenvalue weighted by Gasteiger charge is -2.06. The van der Waals surface area contributed by atoms with Crippen molar-refractivity contribution in [3.63, 3.8) is 0 Å². The van der Waals surface area contributed by atoms with Gasteiger partial charge < -0.3 is 14.0 Å². The quantitative estimate of drug-likeness (QED) is 0.537. The molecule has 0 radical (unpaired) electrons. The van der Waals surface area contributed by atoms with Crippen LogP contribution in [-0.4, -0.2) is 44.8 Å². The van der Waals surface area contributed by atoms with Gasteiger partial charge in [-0.25, -0.2) is 8.42 Å². The molecule has 3 rings (SSSR count). The second kappa shape index (κ2) is 8.80. The fraction of sp³-hybridized carbons (Fsp3) is 0.250. The molecular formula is C20H20N2O6S2. The van der Waals surface area contributed by atoms with Crippen molar-refractivity contribution in [1.29, 1.82) is 0 Å². The summed E-state index contributed by atoms with van der Waals surface area (Å²) in [6, 6.07) is 11.1. The largest absolute Gasteiger partial charge is 0.497 e. The molecule has 8 nitrogen and oxygen atoms in total. The predicted octanol–water partition coefficient (Wildman–Crippen LogP) is 2.42. The number of carbonyl (C=O) groups excluding carboxylic acids is 2. The molecule has 1 aromatic heterocycles. The number of aromatic nitrogens is 1. The van der Waals surface area contributed by atoms with E-state index in [1.165, 1.54) is 19.2 Å². The van der Waals surface area contributed by atoms with E-state index in [1.807, 2.05) is 0 Å². The van der Waals surface area contributed by atoms with Crippen LogP contribution in [0.1, 0.15) is 17.3 Å². The molecule has 0 saturated carbocycles. The van der Waals surface area contributed by atoms with E-state index in [-0.39, 0.29) is 22.8 Å². The van der Waals surface area contributed by atoms with Gasteiger partial charge in [0.1, 0.15) is 12.3 Å². The summed E-state index contributed by atoms with van der Waals surface area (Å²) in [5.41, 5.74) is 0.906. The normalized spacial score (nSPS) is 12.2. The number of methoxy groups -OCH3 is 1. The van der Waals surface area contributed by atoms with E-state index in [1.54, 1.807) is 41.8 Å².